The topological polar surface area (TPSA) is 131 Å². The van der Waals surface area contributed by atoms with Gasteiger partial charge in [-0.25, -0.2) is 4.79 Å². The average molecular weight is 402 g/mol. The van der Waals surface area contributed by atoms with Crippen molar-refractivity contribution in [2.24, 2.45) is 5.73 Å². The Bertz CT molecular complexity index is 1010. The zero-order valence-corrected chi connectivity index (χ0v) is 16.6. The first-order valence-electron chi connectivity index (χ1n) is 9.49. The van der Waals surface area contributed by atoms with Crippen molar-refractivity contribution in [1.82, 2.24) is 14.5 Å². The summed E-state index contributed by atoms with van der Waals surface area (Å²) >= 11 is 0. The van der Waals surface area contributed by atoms with Crippen LogP contribution in [-0.2, 0) is 0 Å². The highest BCUT2D eigenvalue weighted by molar-refractivity contribution is 5.94. The second kappa shape index (κ2) is 8.22. The molecule has 1 aromatic heterocycles. The van der Waals surface area contributed by atoms with Crippen LogP contribution >= 0.6 is 0 Å². The molecule has 1 aromatic carbocycles. The number of likely N-dealkylation sites (tertiary alicyclic amines) is 1. The van der Waals surface area contributed by atoms with Crippen LogP contribution in [0.3, 0.4) is 0 Å². The molecule has 29 heavy (non-hydrogen) atoms. The molecule has 2 aromatic rings. The number of H-pyrrole nitrogens is 1. The van der Waals surface area contributed by atoms with Crippen molar-refractivity contribution in [2.75, 3.05) is 26.2 Å². The quantitative estimate of drug-likeness (QED) is 0.646. The van der Waals surface area contributed by atoms with Crippen LogP contribution in [0, 0.1) is 6.92 Å². The number of rotatable bonds is 5. The molecule has 1 saturated heterocycles. The number of aromatic amines is 1. The summed E-state index contributed by atoms with van der Waals surface area (Å²) in [5, 5.41) is 10.9. The van der Waals surface area contributed by atoms with E-state index in [1.54, 1.807) is 43.0 Å². The van der Waals surface area contributed by atoms with Gasteiger partial charge in [0.1, 0.15) is 12.4 Å². The van der Waals surface area contributed by atoms with E-state index < -0.39 is 22.9 Å². The first-order valence-corrected chi connectivity index (χ1v) is 9.49. The molecule has 0 spiro atoms. The van der Waals surface area contributed by atoms with Crippen LogP contribution in [0.25, 0.3) is 0 Å². The average Bonchev–Trinajstić information content (AvgIpc) is 2.69. The highest BCUT2D eigenvalue weighted by atomic mass is 16.5. The molecule has 0 saturated carbocycles. The molecular formula is C20H26N4O5. The smallest absolute Gasteiger partial charge is 0.328 e. The Labute approximate surface area is 167 Å². The normalized spacial score (nSPS) is 21.8. The molecule has 2 heterocycles. The fraction of sp³-hybridized carbons (Fsp3) is 0.450. The summed E-state index contributed by atoms with van der Waals surface area (Å²) in [6, 6.07) is 6.12. The number of amides is 1. The molecule has 0 bridgehead atoms. The molecule has 0 aliphatic carbocycles. The third kappa shape index (κ3) is 4.41. The van der Waals surface area contributed by atoms with E-state index in [1.807, 2.05) is 0 Å². The van der Waals surface area contributed by atoms with Gasteiger partial charge in [0, 0.05) is 37.0 Å². The standard InChI is InChI=1S/C20H26N4O5/c1-13-11-24(19(27)22-17(13)25)16-12-23(8-6-20(16,2)28)18(26)14-4-3-5-15(10-14)29-9-7-21/h3-5,10-11,16,28H,6-9,12,21H2,1-2H3,(H,22,25,27)/t16-,20-/m1/s1. The van der Waals surface area contributed by atoms with E-state index in [0.717, 1.165) is 0 Å². The van der Waals surface area contributed by atoms with Crippen molar-refractivity contribution in [3.63, 3.8) is 0 Å². The number of aliphatic hydroxyl groups is 1. The number of ether oxygens (including phenoxy) is 1. The summed E-state index contributed by atoms with van der Waals surface area (Å²) in [7, 11) is 0. The molecule has 2 atom stereocenters. The van der Waals surface area contributed by atoms with Gasteiger partial charge in [0.15, 0.2) is 0 Å². The second-order valence-corrected chi connectivity index (χ2v) is 7.52. The van der Waals surface area contributed by atoms with Crippen molar-refractivity contribution < 1.29 is 14.6 Å². The van der Waals surface area contributed by atoms with Gasteiger partial charge < -0.3 is 20.5 Å². The number of carbonyl (C=O) groups is 1. The van der Waals surface area contributed by atoms with Crippen molar-refractivity contribution in [2.45, 2.75) is 31.9 Å². The molecule has 9 heteroatoms. The minimum absolute atomic E-state index is 0.130. The van der Waals surface area contributed by atoms with Gasteiger partial charge in [0.2, 0.25) is 0 Å². The van der Waals surface area contributed by atoms with E-state index in [9.17, 15) is 19.5 Å². The first-order chi connectivity index (χ1) is 13.7. The van der Waals surface area contributed by atoms with Crippen LogP contribution in [-0.4, -0.2) is 57.3 Å². The van der Waals surface area contributed by atoms with Crippen LogP contribution in [0.2, 0.25) is 0 Å². The van der Waals surface area contributed by atoms with Gasteiger partial charge >= 0.3 is 5.69 Å². The molecule has 0 radical (unpaired) electrons. The lowest BCUT2D eigenvalue weighted by Gasteiger charge is -2.43. The number of nitrogens with one attached hydrogen (secondary N) is 1. The predicted octanol–water partition coefficient (Wildman–Crippen LogP) is 0.0207. The lowest BCUT2D eigenvalue weighted by molar-refractivity contribution is -0.0460. The maximum atomic E-state index is 13.0. The molecule has 1 aliphatic heterocycles. The maximum Gasteiger partial charge on any atom is 0.328 e. The summed E-state index contributed by atoms with van der Waals surface area (Å²) in [6.45, 7) is 4.41. The fourth-order valence-electron chi connectivity index (χ4n) is 3.49. The molecule has 1 fully saturated rings. The van der Waals surface area contributed by atoms with Crippen molar-refractivity contribution in [3.05, 3.63) is 62.4 Å². The number of nitrogens with two attached hydrogens (primary N) is 1. The van der Waals surface area contributed by atoms with Gasteiger partial charge in [0.05, 0.1) is 11.6 Å². The van der Waals surface area contributed by atoms with Crippen LogP contribution < -0.4 is 21.7 Å². The number of benzene rings is 1. The molecule has 9 nitrogen and oxygen atoms in total. The van der Waals surface area contributed by atoms with Gasteiger partial charge in [-0.1, -0.05) is 6.07 Å². The molecule has 4 N–H and O–H groups in total. The Balaban J connectivity index is 1.88. The Morgan fingerprint density at radius 2 is 2.17 bits per heavy atom. The molecule has 1 amide bonds. The Morgan fingerprint density at radius 3 is 2.90 bits per heavy atom. The number of carbonyl (C=O) groups excluding carboxylic acids is 1. The zero-order valence-electron chi connectivity index (χ0n) is 16.6. The number of aryl methyl sites for hydroxylation is 1. The summed E-state index contributed by atoms with van der Waals surface area (Å²) in [5.41, 5.74) is 3.96. The molecular weight excluding hydrogens is 376 g/mol. The van der Waals surface area contributed by atoms with Gasteiger partial charge in [-0.2, -0.15) is 0 Å². The van der Waals surface area contributed by atoms with Gasteiger partial charge in [0.25, 0.3) is 11.5 Å². The molecule has 1 aliphatic rings. The number of aromatic nitrogens is 2. The Morgan fingerprint density at radius 1 is 1.41 bits per heavy atom. The minimum Gasteiger partial charge on any atom is -0.492 e. The summed E-state index contributed by atoms with van der Waals surface area (Å²) in [6.07, 6.45) is 1.72. The number of nitrogens with zero attached hydrogens (tertiary/aromatic N) is 2. The number of hydrogen-bond donors (Lipinski definition) is 3. The first kappa shape index (κ1) is 20.8. The van der Waals surface area contributed by atoms with E-state index in [2.05, 4.69) is 4.98 Å². The molecule has 3 rings (SSSR count). The molecule has 0 unspecified atom stereocenters. The van der Waals surface area contributed by atoms with Gasteiger partial charge in [-0.15, -0.1) is 0 Å². The van der Waals surface area contributed by atoms with E-state index >= 15 is 0 Å². The number of hydrogen-bond acceptors (Lipinski definition) is 6. The van der Waals surface area contributed by atoms with E-state index in [-0.39, 0.29) is 18.9 Å². The fourth-order valence-corrected chi connectivity index (χ4v) is 3.49. The lowest BCUT2D eigenvalue weighted by Crippen LogP contribution is -2.55. The third-order valence-corrected chi connectivity index (χ3v) is 5.24. The number of piperidine rings is 1. The maximum absolute atomic E-state index is 13.0. The van der Waals surface area contributed by atoms with E-state index in [1.165, 1.54) is 10.8 Å². The largest absolute Gasteiger partial charge is 0.492 e. The van der Waals surface area contributed by atoms with E-state index in [4.69, 9.17) is 10.5 Å². The Kier molecular flexibility index (Phi) is 5.90. The van der Waals surface area contributed by atoms with Crippen LogP contribution in [0.4, 0.5) is 0 Å². The van der Waals surface area contributed by atoms with Crippen molar-refractivity contribution in [1.29, 1.82) is 0 Å². The highest BCUT2D eigenvalue weighted by Gasteiger charge is 2.41. The van der Waals surface area contributed by atoms with Crippen molar-refractivity contribution in [3.8, 4) is 5.75 Å². The van der Waals surface area contributed by atoms with Crippen LogP contribution in [0.5, 0.6) is 5.75 Å². The van der Waals surface area contributed by atoms with Crippen LogP contribution in [0.15, 0.2) is 40.1 Å². The van der Waals surface area contributed by atoms with Gasteiger partial charge in [-0.05, 0) is 38.5 Å². The van der Waals surface area contributed by atoms with E-state index in [0.29, 0.717) is 36.6 Å². The molecule has 156 valence electrons. The predicted molar refractivity (Wildman–Crippen MR) is 107 cm³/mol. The summed E-state index contributed by atoms with van der Waals surface area (Å²) < 4.78 is 6.78. The van der Waals surface area contributed by atoms with Crippen LogP contribution in [0.1, 0.15) is 35.3 Å². The van der Waals surface area contributed by atoms with Gasteiger partial charge in [-0.3, -0.25) is 19.1 Å². The zero-order chi connectivity index (χ0) is 21.2. The summed E-state index contributed by atoms with van der Waals surface area (Å²) in [5.74, 6) is 0.326. The second-order valence-electron chi connectivity index (χ2n) is 7.52. The SMILES string of the molecule is Cc1cn([C@@H]2CN(C(=O)c3cccc(OCCN)c3)CC[C@@]2(C)O)c(=O)[nH]c1=O. The lowest BCUT2D eigenvalue weighted by atomic mass is 9.87. The summed E-state index contributed by atoms with van der Waals surface area (Å²) in [4.78, 5) is 40.9. The Hall–Kier alpha value is -2.91. The minimum atomic E-state index is -1.21. The van der Waals surface area contributed by atoms with Crippen molar-refractivity contribution >= 4 is 5.91 Å². The third-order valence-electron chi connectivity index (χ3n) is 5.24. The monoisotopic (exact) mass is 402 g/mol. The highest BCUT2D eigenvalue weighted by Crippen LogP contribution is 2.31.